The molecule has 1 amide bonds. The molecule has 0 spiro atoms. The average molecular weight is 261 g/mol. The minimum absolute atomic E-state index is 0.106. The van der Waals surface area contributed by atoms with Crippen molar-refractivity contribution in [2.24, 2.45) is 5.92 Å². The second-order valence-electron chi connectivity index (χ2n) is 4.77. The Morgan fingerprint density at radius 1 is 1.29 bits per heavy atom. The van der Waals surface area contributed by atoms with E-state index in [1.54, 1.807) is 0 Å². The van der Waals surface area contributed by atoms with Crippen LogP contribution in [0.3, 0.4) is 0 Å². The molecule has 5 heteroatoms. The van der Waals surface area contributed by atoms with Crippen LogP contribution in [0, 0.1) is 5.92 Å². The number of halogens is 1. The molecule has 1 atom stereocenters. The molecule has 0 aromatic rings. The fourth-order valence-corrected chi connectivity index (χ4v) is 2.76. The monoisotopic (exact) mass is 260 g/mol. The Balaban J connectivity index is 1.83. The number of carbonyl (C=O) groups excluding carboxylic acids is 1. The summed E-state index contributed by atoms with van der Waals surface area (Å²) < 4.78 is 5.28. The summed E-state index contributed by atoms with van der Waals surface area (Å²) in [7, 11) is 0. The third-order valence-corrected chi connectivity index (χ3v) is 3.75. The molecule has 0 saturated carbocycles. The maximum atomic E-state index is 12.2. The standard InChI is InChI=1S/C12H21ClN2O2/c13-3-6-14-4-1-5-15(8-7-14)12(16)11-2-9-17-10-11/h11H,1-10H2. The van der Waals surface area contributed by atoms with Crippen molar-refractivity contribution in [2.75, 3.05) is 51.8 Å². The van der Waals surface area contributed by atoms with Gasteiger partial charge in [-0.2, -0.15) is 0 Å². The van der Waals surface area contributed by atoms with Crippen LogP contribution in [0.5, 0.6) is 0 Å². The number of amides is 1. The van der Waals surface area contributed by atoms with Crippen LogP contribution in [0.25, 0.3) is 0 Å². The topological polar surface area (TPSA) is 32.8 Å². The van der Waals surface area contributed by atoms with Gasteiger partial charge < -0.3 is 14.5 Å². The lowest BCUT2D eigenvalue weighted by atomic mass is 10.1. The number of carbonyl (C=O) groups is 1. The average Bonchev–Trinajstić information content (AvgIpc) is 2.76. The van der Waals surface area contributed by atoms with E-state index in [0.717, 1.165) is 52.2 Å². The maximum absolute atomic E-state index is 12.2. The molecule has 4 nitrogen and oxygen atoms in total. The fraction of sp³-hybridized carbons (Fsp3) is 0.917. The van der Waals surface area contributed by atoms with Gasteiger partial charge in [-0.1, -0.05) is 0 Å². The predicted octanol–water partition coefficient (Wildman–Crippen LogP) is 0.796. The van der Waals surface area contributed by atoms with E-state index in [1.165, 1.54) is 0 Å². The van der Waals surface area contributed by atoms with Gasteiger partial charge in [0.1, 0.15) is 0 Å². The molecule has 98 valence electrons. The van der Waals surface area contributed by atoms with Crippen molar-refractivity contribution < 1.29 is 9.53 Å². The van der Waals surface area contributed by atoms with Crippen molar-refractivity contribution in [3.8, 4) is 0 Å². The van der Waals surface area contributed by atoms with Crippen LogP contribution in [0.15, 0.2) is 0 Å². The van der Waals surface area contributed by atoms with E-state index in [9.17, 15) is 4.79 Å². The Kier molecular flexibility index (Phi) is 5.07. The van der Waals surface area contributed by atoms with Crippen molar-refractivity contribution in [3.63, 3.8) is 0 Å². The molecule has 2 saturated heterocycles. The lowest BCUT2D eigenvalue weighted by Gasteiger charge is -2.23. The predicted molar refractivity (Wildman–Crippen MR) is 67.3 cm³/mol. The van der Waals surface area contributed by atoms with Crippen LogP contribution in [-0.2, 0) is 9.53 Å². The molecular formula is C12H21ClN2O2. The normalized spacial score (nSPS) is 27.1. The minimum atomic E-state index is 0.106. The van der Waals surface area contributed by atoms with Gasteiger partial charge in [-0.05, 0) is 19.4 Å². The number of nitrogens with zero attached hydrogens (tertiary/aromatic N) is 2. The molecule has 2 heterocycles. The molecule has 0 N–H and O–H groups in total. The molecule has 17 heavy (non-hydrogen) atoms. The number of hydrogen-bond acceptors (Lipinski definition) is 3. The molecule has 0 aromatic heterocycles. The zero-order valence-corrected chi connectivity index (χ0v) is 11.0. The first-order valence-corrected chi connectivity index (χ1v) is 6.99. The molecule has 1 unspecified atom stereocenters. The second kappa shape index (κ2) is 6.57. The summed E-state index contributed by atoms with van der Waals surface area (Å²) >= 11 is 5.75. The van der Waals surface area contributed by atoms with Crippen molar-refractivity contribution in [2.45, 2.75) is 12.8 Å². The Morgan fingerprint density at radius 2 is 2.18 bits per heavy atom. The summed E-state index contributed by atoms with van der Waals surface area (Å²) in [4.78, 5) is 16.6. The van der Waals surface area contributed by atoms with Crippen molar-refractivity contribution in [3.05, 3.63) is 0 Å². The second-order valence-corrected chi connectivity index (χ2v) is 5.15. The van der Waals surface area contributed by atoms with Crippen LogP contribution < -0.4 is 0 Å². The largest absolute Gasteiger partial charge is 0.381 e. The Hall–Kier alpha value is -0.320. The number of hydrogen-bond donors (Lipinski definition) is 0. The summed E-state index contributed by atoms with van der Waals surface area (Å²) in [5.41, 5.74) is 0. The molecule has 0 aromatic carbocycles. The molecule has 2 aliphatic rings. The SMILES string of the molecule is O=C(C1CCOC1)N1CCCN(CCCl)CC1. The van der Waals surface area contributed by atoms with E-state index in [-0.39, 0.29) is 11.8 Å². The Labute approximate surface area is 108 Å². The van der Waals surface area contributed by atoms with Gasteiger partial charge >= 0.3 is 0 Å². The molecule has 2 aliphatic heterocycles. The molecular weight excluding hydrogens is 240 g/mol. The molecule has 0 aliphatic carbocycles. The van der Waals surface area contributed by atoms with Gasteiger partial charge in [-0.3, -0.25) is 4.79 Å². The van der Waals surface area contributed by atoms with Gasteiger partial charge in [0.15, 0.2) is 0 Å². The molecule has 0 radical (unpaired) electrons. The van der Waals surface area contributed by atoms with Crippen LogP contribution in [0.4, 0.5) is 0 Å². The molecule has 2 rings (SSSR count). The summed E-state index contributed by atoms with van der Waals surface area (Å²) in [5.74, 6) is 1.06. The maximum Gasteiger partial charge on any atom is 0.228 e. The number of alkyl halides is 1. The third kappa shape index (κ3) is 3.57. The van der Waals surface area contributed by atoms with E-state index < -0.39 is 0 Å². The lowest BCUT2D eigenvalue weighted by molar-refractivity contribution is -0.135. The van der Waals surface area contributed by atoms with Crippen LogP contribution in [0.1, 0.15) is 12.8 Å². The number of rotatable bonds is 3. The highest BCUT2D eigenvalue weighted by atomic mass is 35.5. The zero-order valence-electron chi connectivity index (χ0n) is 10.2. The van der Waals surface area contributed by atoms with Gasteiger partial charge in [0, 0.05) is 38.7 Å². The summed E-state index contributed by atoms with van der Waals surface area (Å²) in [6.07, 6.45) is 1.94. The van der Waals surface area contributed by atoms with Crippen LogP contribution in [0.2, 0.25) is 0 Å². The van der Waals surface area contributed by atoms with Crippen LogP contribution >= 0.6 is 11.6 Å². The van der Waals surface area contributed by atoms with E-state index in [0.29, 0.717) is 12.5 Å². The minimum Gasteiger partial charge on any atom is -0.381 e. The van der Waals surface area contributed by atoms with Crippen molar-refractivity contribution >= 4 is 17.5 Å². The first-order chi connectivity index (χ1) is 8.31. The Bertz CT molecular complexity index is 257. The smallest absolute Gasteiger partial charge is 0.228 e. The van der Waals surface area contributed by atoms with E-state index in [4.69, 9.17) is 16.3 Å². The van der Waals surface area contributed by atoms with Crippen molar-refractivity contribution in [1.29, 1.82) is 0 Å². The first-order valence-electron chi connectivity index (χ1n) is 6.46. The number of ether oxygens (including phenoxy) is 1. The van der Waals surface area contributed by atoms with Gasteiger partial charge in [0.25, 0.3) is 0 Å². The highest BCUT2D eigenvalue weighted by Crippen LogP contribution is 2.16. The molecule has 2 fully saturated rings. The highest BCUT2D eigenvalue weighted by Gasteiger charge is 2.28. The first kappa shape index (κ1) is 13.1. The fourth-order valence-electron chi connectivity index (χ4n) is 2.52. The summed E-state index contributed by atoms with van der Waals surface area (Å²) in [6, 6.07) is 0. The molecule has 0 bridgehead atoms. The van der Waals surface area contributed by atoms with E-state index >= 15 is 0 Å². The van der Waals surface area contributed by atoms with Crippen LogP contribution in [-0.4, -0.2) is 67.5 Å². The Morgan fingerprint density at radius 3 is 2.88 bits per heavy atom. The quantitative estimate of drug-likeness (QED) is 0.704. The van der Waals surface area contributed by atoms with Gasteiger partial charge in [0.2, 0.25) is 5.91 Å². The highest BCUT2D eigenvalue weighted by molar-refractivity contribution is 6.18. The zero-order chi connectivity index (χ0) is 12.1. The van der Waals surface area contributed by atoms with Gasteiger partial charge in [0.05, 0.1) is 12.5 Å². The lowest BCUT2D eigenvalue weighted by Crippen LogP contribution is -2.39. The summed E-state index contributed by atoms with van der Waals surface area (Å²) in [6.45, 7) is 6.00. The van der Waals surface area contributed by atoms with Gasteiger partial charge in [-0.25, -0.2) is 0 Å². The van der Waals surface area contributed by atoms with Crippen molar-refractivity contribution in [1.82, 2.24) is 9.80 Å². The van der Waals surface area contributed by atoms with Gasteiger partial charge in [-0.15, -0.1) is 11.6 Å². The third-order valence-electron chi connectivity index (χ3n) is 3.58. The van der Waals surface area contributed by atoms with E-state index in [2.05, 4.69) is 4.90 Å². The van der Waals surface area contributed by atoms with E-state index in [1.807, 2.05) is 4.90 Å². The summed E-state index contributed by atoms with van der Waals surface area (Å²) in [5, 5.41) is 0.